The minimum Gasteiger partial charge on any atom is -0.309 e. The minimum atomic E-state index is -0.519. The summed E-state index contributed by atoms with van der Waals surface area (Å²) in [5.41, 5.74) is 2.83. The van der Waals surface area contributed by atoms with Crippen molar-refractivity contribution in [3.63, 3.8) is 0 Å². The van der Waals surface area contributed by atoms with Gasteiger partial charge in [-0.1, -0.05) is 20.8 Å². The maximum absolute atomic E-state index is 13.3. The molecular weight excluding hydrogens is 220 g/mol. The number of halogens is 2. The van der Waals surface area contributed by atoms with Crippen molar-refractivity contribution in [1.29, 1.82) is 0 Å². The van der Waals surface area contributed by atoms with Gasteiger partial charge in [-0.05, 0) is 34.3 Å². The molecule has 0 aliphatic carbocycles. The number of hydrogen-bond donors (Lipinski definition) is 1. The van der Waals surface area contributed by atoms with Crippen molar-refractivity contribution in [3.05, 3.63) is 41.0 Å². The fourth-order valence-electron chi connectivity index (χ4n) is 2.29. The summed E-state index contributed by atoms with van der Waals surface area (Å²) in [4.78, 5) is 0. The molecule has 1 saturated heterocycles. The van der Waals surface area contributed by atoms with Crippen molar-refractivity contribution in [2.24, 2.45) is 5.41 Å². The van der Waals surface area contributed by atoms with Crippen LogP contribution in [0.2, 0.25) is 0 Å². The maximum atomic E-state index is 13.3. The molecule has 1 fully saturated rings. The van der Waals surface area contributed by atoms with Gasteiger partial charge >= 0.3 is 0 Å². The molecule has 0 amide bonds. The highest BCUT2D eigenvalue weighted by molar-refractivity contribution is 5.74. The highest BCUT2D eigenvalue weighted by Gasteiger charge is 2.26. The molecule has 2 rings (SSSR count). The number of nitrogens with one attached hydrogen (secondary N) is 1. The van der Waals surface area contributed by atoms with Gasteiger partial charge in [0.05, 0.1) is 0 Å². The summed E-state index contributed by atoms with van der Waals surface area (Å²) in [5, 5.41) is 3.17. The van der Waals surface area contributed by atoms with Crippen molar-refractivity contribution in [1.82, 2.24) is 5.32 Å². The lowest BCUT2D eigenvalue weighted by Gasteiger charge is -2.32. The molecule has 1 heterocycles. The van der Waals surface area contributed by atoms with Crippen molar-refractivity contribution in [2.45, 2.75) is 20.8 Å². The Bertz CT molecular complexity index is 443. The first-order valence-electron chi connectivity index (χ1n) is 5.77. The Kier molecular flexibility index (Phi) is 3.04. The van der Waals surface area contributed by atoms with Gasteiger partial charge in [-0.15, -0.1) is 0 Å². The molecule has 1 aromatic rings. The van der Waals surface area contributed by atoms with Crippen molar-refractivity contribution in [2.75, 3.05) is 13.1 Å². The highest BCUT2D eigenvalue weighted by Crippen LogP contribution is 2.38. The van der Waals surface area contributed by atoms with Gasteiger partial charge in [-0.25, -0.2) is 8.78 Å². The first-order chi connectivity index (χ1) is 7.88. The lowest BCUT2D eigenvalue weighted by Crippen LogP contribution is -2.36. The first-order valence-corrected chi connectivity index (χ1v) is 5.77. The summed E-state index contributed by atoms with van der Waals surface area (Å²) in [6.07, 6.45) is 0. The monoisotopic (exact) mass is 237 g/mol. The zero-order valence-corrected chi connectivity index (χ0v) is 10.4. The van der Waals surface area contributed by atoms with Crippen LogP contribution < -0.4 is 5.32 Å². The Hall–Kier alpha value is -1.22. The van der Waals surface area contributed by atoms with Crippen molar-refractivity contribution < 1.29 is 8.78 Å². The van der Waals surface area contributed by atoms with E-state index < -0.39 is 11.6 Å². The largest absolute Gasteiger partial charge is 0.309 e. The molecule has 0 saturated carbocycles. The van der Waals surface area contributed by atoms with E-state index in [2.05, 4.69) is 26.1 Å². The second kappa shape index (κ2) is 4.22. The normalized spacial score (nSPS) is 15.7. The molecule has 1 N–H and O–H groups in total. The summed E-state index contributed by atoms with van der Waals surface area (Å²) in [7, 11) is 0. The third-order valence-electron chi connectivity index (χ3n) is 2.93. The zero-order valence-electron chi connectivity index (χ0n) is 10.4. The van der Waals surface area contributed by atoms with Crippen molar-refractivity contribution in [3.8, 4) is 0 Å². The van der Waals surface area contributed by atoms with E-state index in [1.54, 1.807) is 0 Å². The van der Waals surface area contributed by atoms with Gasteiger partial charge in [0.1, 0.15) is 11.6 Å². The third-order valence-corrected chi connectivity index (χ3v) is 2.93. The van der Waals surface area contributed by atoms with Crippen LogP contribution in [0.4, 0.5) is 8.78 Å². The predicted molar refractivity (Wildman–Crippen MR) is 65.6 cm³/mol. The molecule has 0 unspecified atom stereocenters. The summed E-state index contributed by atoms with van der Waals surface area (Å²) in [6.45, 7) is 7.82. The number of allylic oxidation sites excluding steroid dienone is 1. The number of benzene rings is 1. The van der Waals surface area contributed by atoms with E-state index in [9.17, 15) is 8.78 Å². The van der Waals surface area contributed by atoms with E-state index in [0.717, 1.165) is 24.7 Å². The number of hydrogen-bond acceptors (Lipinski definition) is 1. The van der Waals surface area contributed by atoms with Gasteiger partial charge in [0.15, 0.2) is 0 Å². The van der Waals surface area contributed by atoms with E-state index in [4.69, 9.17) is 0 Å². The summed E-state index contributed by atoms with van der Waals surface area (Å²) in [5.74, 6) is -1.04. The Labute approximate surface area is 101 Å². The maximum Gasteiger partial charge on any atom is 0.126 e. The van der Waals surface area contributed by atoms with Crippen LogP contribution in [-0.2, 0) is 0 Å². The fraction of sp³-hybridized carbons (Fsp3) is 0.429. The lowest BCUT2D eigenvalue weighted by atomic mass is 9.78. The summed E-state index contributed by atoms with van der Waals surface area (Å²) >= 11 is 0. The van der Waals surface area contributed by atoms with E-state index in [0.29, 0.717) is 5.56 Å². The van der Waals surface area contributed by atoms with Gasteiger partial charge in [-0.2, -0.15) is 0 Å². The Morgan fingerprint density at radius 3 is 1.94 bits per heavy atom. The van der Waals surface area contributed by atoms with Crippen LogP contribution in [0.3, 0.4) is 0 Å². The lowest BCUT2D eigenvalue weighted by molar-refractivity contribution is 0.542. The Morgan fingerprint density at radius 1 is 1.06 bits per heavy atom. The van der Waals surface area contributed by atoms with Gasteiger partial charge in [0.25, 0.3) is 0 Å². The predicted octanol–water partition coefficient (Wildman–Crippen LogP) is 3.37. The van der Waals surface area contributed by atoms with E-state index in [-0.39, 0.29) is 5.41 Å². The molecule has 0 atom stereocenters. The van der Waals surface area contributed by atoms with Gasteiger partial charge in [-0.3, -0.25) is 0 Å². The molecular formula is C14H17F2N. The second-order valence-electron chi connectivity index (χ2n) is 5.49. The van der Waals surface area contributed by atoms with E-state index in [1.807, 2.05) is 0 Å². The van der Waals surface area contributed by atoms with Crippen molar-refractivity contribution >= 4 is 5.57 Å². The minimum absolute atomic E-state index is 0.113. The third kappa shape index (κ3) is 2.55. The van der Waals surface area contributed by atoms with Gasteiger partial charge in [0, 0.05) is 19.2 Å². The molecule has 0 radical (unpaired) electrons. The smallest absolute Gasteiger partial charge is 0.126 e. The van der Waals surface area contributed by atoms with Crippen LogP contribution >= 0.6 is 0 Å². The highest BCUT2D eigenvalue weighted by atomic mass is 19.1. The molecule has 1 nitrogen and oxygen atoms in total. The summed E-state index contributed by atoms with van der Waals surface area (Å²) < 4.78 is 26.6. The average Bonchev–Trinajstić information content (AvgIpc) is 2.06. The topological polar surface area (TPSA) is 12.0 Å². The van der Waals surface area contributed by atoms with Gasteiger partial charge in [0.2, 0.25) is 0 Å². The molecule has 1 aliphatic rings. The molecule has 1 aromatic carbocycles. The zero-order chi connectivity index (χ0) is 12.6. The average molecular weight is 237 g/mol. The van der Waals surface area contributed by atoms with Crippen LogP contribution in [0.5, 0.6) is 0 Å². The SMILES string of the molecule is CC(C)(C)C(=C1CNC1)c1cc(F)cc(F)c1. The standard InChI is InChI=1S/C14H17F2N/c1-14(2,3)13(10-7-17-8-10)9-4-11(15)6-12(16)5-9/h4-6,17H,7-8H2,1-3H3. The number of rotatable bonds is 1. The molecule has 1 aliphatic heterocycles. The summed E-state index contributed by atoms with van der Waals surface area (Å²) in [6, 6.07) is 3.73. The van der Waals surface area contributed by atoms with Crippen LogP contribution in [0, 0.1) is 17.0 Å². The van der Waals surface area contributed by atoms with Gasteiger partial charge < -0.3 is 5.32 Å². The Morgan fingerprint density at radius 2 is 1.59 bits per heavy atom. The Balaban J connectivity index is 2.54. The molecule has 17 heavy (non-hydrogen) atoms. The second-order valence-corrected chi connectivity index (χ2v) is 5.49. The molecule has 92 valence electrons. The molecule has 3 heteroatoms. The quantitative estimate of drug-likeness (QED) is 0.789. The van der Waals surface area contributed by atoms with Crippen LogP contribution in [-0.4, -0.2) is 13.1 Å². The van der Waals surface area contributed by atoms with Crippen LogP contribution in [0.1, 0.15) is 26.3 Å². The first kappa shape index (κ1) is 12.2. The van der Waals surface area contributed by atoms with E-state index >= 15 is 0 Å². The van der Waals surface area contributed by atoms with E-state index in [1.165, 1.54) is 17.7 Å². The molecule has 0 bridgehead atoms. The molecule has 0 spiro atoms. The van der Waals surface area contributed by atoms with Crippen LogP contribution in [0.25, 0.3) is 5.57 Å². The molecule has 0 aromatic heterocycles. The fourth-order valence-corrected chi connectivity index (χ4v) is 2.29. The van der Waals surface area contributed by atoms with Crippen LogP contribution in [0.15, 0.2) is 23.8 Å².